The predicted octanol–water partition coefficient (Wildman–Crippen LogP) is 4.61. The summed E-state index contributed by atoms with van der Waals surface area (Å²) >= 11 is 0. The molecule has 11 atom stereocenters. The van der Waals surface area contributed by atoms with Crippen LogP contribution in [0.2, 0.25) is 0 Å². The molecule has 4 aliphatic rings. The van der Waals surface area contributed by atoms with Gasteiger partial charge in [0.25, 0.3) is 0 Å². The average molecular weight is 538 g/mol. The van der Waals surface area contributed by atoms with Gasteiger partial charge in [0.1, 0.15) is 0 Å². The molecular weight excluding hydrogens is 495 g/mol. The third-order valence-electron chi connectivity index (χ3n) is 11.2. The maximum atomic E-state index is 12.7. The molecule has 4 rings (SSSR count). The number of fused-ring (bicyclic) bond motifs is 5. The quantitative estimate of drug-likeness (QED) is 0.475. The Bertz CT molecular complexity index is 958. The number of carbonyl (C=O) groups excluding carboxylic acids is 1. The number of hydrogen-bond donors (Lipinski definition) is 3. The second-order valence-electron chi connectivity index (χ2n) is 12.8. The van der Waals surface area contributed by atoms with Crippen LogP contribution in [-0.2, 0) is 14.8 Å². The smallest absolute Gasteiger partial charge is 0.393 e. The molecule has 0 aliphatic heterocycles. The SMILES string of the molecule is CC[C@H]1[C@@H](O)[C@@H]2[C@H](CC[C@]3(C)[C@@H](C(C)CC(=O)NS(=O)(=O)C(F)(F)F)CC[C@@H]23)[C@@]2(C)CC[C@@H](O)C[C@@H]12. The summed E-state index contributed by atoms with van der Waals surface area (Å²) in [6, 6.07) is 0. The van der Waals surface area contributed by atoms with Gasteiger partial charge < -0.3 is 10.2 Å². The highest BCUT2D eigenvalue weighted by atomic mass is 32.2. The fourth-order valence-electron chi connectivity index (χ4n) is 9.62. The molecule has 0 radical (unpaired) electrons. The van der Waals surface area contributed by atoms with Crippen LogP contribution >= 0.6 is 0 Å². The number of sulfonamides is 1. The van der Waals surface area contributed by atoms with Crippen LogP contribution in [-0.4, -0.2) is 42.3 Å². The number of rotatable bonds is 5. The molecule has 0 aromatic heterocycles. The van der Waals surface area contributed by atoms with Gasteiger partial charge in [0.05, 0.1) is 12.2 Å². The number of amides is 1. The Morgan fingerprint density at radius 3 is 2.25 bits per heavy atom. The maximum absolute atomic E-state index is 12.7. The van der Waals surface area contributed by atoms with Gasteiger partial charge in [0, 0.05) is 6.42 Å². The number of nitrogens with one attached hydrogen (secondary N) is 1. The second-order valence-corrected chi connectivity index (χ2v) is 14.5. The topological polar surface area (TPSA) is 104 Å². The van der Waals surface area contributed by atoms with E-state index in [1.807, 2.05) is 6.92 Å². The normalized spacial score (nSPS) is 45.8. The first-order valence-corrected chi connectivity index (χ1v) is 15.0. The highest BCUT2D eigenvalue weighted by Crippen LogP contribution is 2.69. The Morgan fingerprint density at radius 1 is 1.03 bits per heavy atom. The average Bonchev–Trinajstić information content (AvgIpc) is 3.11. The van der Waals surface area contributed by atoms with Crippen LogP contribution in [0.25, 0.3) is 0 Å². The van der Waals surface area contributed by atoms with Gasteiger partial charge >= 0.3 is 15.5 Å². The summed E-state index contributed by atoms with van der Waals surface area (Å²) in [5.74, 6) is -0.183. The van der Waals surface area contributed by atoms with Crippen LogP contribution in [0.1, 0.15) is 85.5 Å². The molecule has 10 heteroatoms. The Labute approximate surface area is 212 Å². The van der Waals surface area contributed by atoms with Crippen LogP contribution < -0.4 is 4.72 Å². The molecule has 36 heavy (non-hydrogen) atoms. The number of alkyl halides is 3. The van der Waals surface area contributed by atoms with Crippen molar-refractivity contribution in [1.29, 1.82) is 0 Å². The van der Waals surface area contributed by atoms with Gasteiger partial charge in [-0.1, -0.05) is 34.1 Å². The standard InChI is InChI=1S/C26H42F3NO5S/c1-5-16-20-13-15(31)8-10-25(20,4)19-9-11-24(3)17(6-7-18(24)22(19)23(16)33)14(2)12-21(32)30-36(34,35)26(27,28)29/h14-20,22-23,31,33H,5-13H2,1-4H3,(H,30,32)/t14?,15-,16-,17-,18+,19+,20+,22+,23-,24-,25-/m1/s1. The lowest BCUT2D eigenvalue weighted by Crippen LogP contribution is -2.62. The lowest BCUT2D eigenvalue weighted by Gasteiger charge is -2.64. The van der Waals surface area contributed by atoms with E-state index in [2.05, 4.69) is 20.8 Å². The first-order valence-electron chi connectivity index (χ1n) is 13.5. The second kappa shape index (κ2) is 9.40. The van der Waals surface area contributed by atoms with E-state index < -0.39 is 27.5 Å². The summed E-state index contributed by atoms with van der Waals surface area (Å²) in [6.07, 6.45) is 5.88. The molecule has 1 amide bonds. The lowest BCUT2D eigenvalue weighted by molar-refractivity contribution is -0.203. The Hall–Kier alpha value is -0.870. The minimum atomic E-state index is -5.71. The molecule has 0 bridgehead atoms. The van der Waals surface area contributed by atoms with Crippen LogP contribution in [0.15, 0.2) is 0 Å². The van der Waals surface area contributed by atoms with E-state index in [4.69, 9.17) is 0 Å². The van der Waals surface area contributed by atoms with Crippen LogP contribution in [0, 0.1) is 52.3 Å². The van der Waals surface area contributed by atoms with Crippen molar-refractivity contribution < 1.29 is 36.6 Å². The van der Waals surface area contributed by atoms with Gasteiger partial charge in [0.15, 0.2) is 0 Å². The fourth-order valence-corrected chi connectivity index (χ4v) is 10.1. The van der Waals surface area contributed by atoms with Crippen LogP contribution in [0.5, 0.6) is 0 Å². The van der Waals surface area contributed by atoms with E-state index in [-0.39, 0.29) is 52.9 Å². The minimum Gasteiger partial charge on any atom is -0.393 e. The molecule has 3 N–H and O–H groups in total. The number of carbonyl (C=O) groups is 1. The highest BCUT2D eigenvalue weighted by Gasteiger charge is 2.65. The number of aliphatic hydroxyl groups is 2. The molecule has 4 aliphatic carbocycles. The Kier molecular flexibility index (Phi) is 7.35. The Morgan fingerprint density at radius 2 is 1.64 bits per heavy atom. The van der Waals surface area contributed by atoms with E-state index >= 15 is 0 Å². The van der Waals surface area contributed by atoms with Crippen molar-refractivity contribution in [3.8, 4) is 0 Å². The van der Waals surface area contributed by atoms with Crippen molar-refractivity contribution in [3.05, 3.63) is 0 Å². The monoisotopic (exact) mass is 537 g/mol. The molecule has 0 heterocycles. The van der Waals surface area contributed by atoms with Gasteiger partial charge in [-0.05, 0) is 97.2 Å². The fraction of sp³-hybridized carbons (Fsp3) is 0.962. The number of hydrogen-bond acceptors (Lipinski definition) is 5. The molecular formula is C26H42F3NO5S. The maximum Gasteiger partial charge on any atom is 0.516 e. The third kappa shape index (κ3) is 4.40. The zero-order valence-electron chi connectivity index (χ0n) is 21.7. The van der Waals surface area contributed by atoms with E-state index in [1.165, 1.54) is 4.72 Å². The van der Waals surface area contributed by atoms with Crippen LogP contribution in [0.3, 0.4) is 0 Å². The van der Waals surface area contributed by atoms with Crippen molar-refractivity contribution in [2.24, 2.45) is 52.3 Å². The minimum absolute atomic E-state index is 0.0637. The Balaban J connectivity index is 1.54. The summed E-state index contributed by atoms with van der Waals surface area (Å²) in [7, 11) is -5.71. The third-order valence-corrected chi connectivity index (χ3v) is 12.3. The first-order chi connectivity index (χ1) is 16.6. The molecule has 0 aromatic rings. The molecule has 0 saturated heterocycles. The molecule has 4 fully saturated rings. The van der Waals surface area contributed by atoms with E-state index in [0.29, 0.717) is 11.8 Å². The van der Waals surface area contributed by atoms with Gasteiger partial charge in [-0.25, -0.2) is 4.72 Å². The van der Waals surface area contributed by atoms with Crippen molar-refractivity contribution >= 4 is 15.9 Å². The summed E-state index contributed by atoms with van der Waals surface area (Å²) in [4.78, 5) is 12.3. The summed E-state index contributed by atoms with van der Waals surface area (Å²) in [6.45, 7) is 8.51. The van der Waals surface area contributed by atoms with Gasteiger partial charge in [-0.2, -0.15) is 21.6 Å². The van der Waals surface area contributed by atoms with Crippen molar-refractivity contribution in [2.75, 3.05) is 0 Å². The lowest BCUT2D eigenvalue weighted by atomic mass is 9.41. The predicted molar refractivity (Wildman–Crippen MR) is 129 cm³/mol. The van der Waals surface area contributed by atoms with E-state index in [9.17, 15) is 36.6 Å². The molecule has 0 aromatic carbocycles. The van der Waals surface area contributed by atoms with Gasteiger partial charge in [-0.15, -0.1) is 0 Å². The zero-order valence-corrected chi connectivity index (χ0v) is 22.5. The first kappa shape index (κ1) is 28.1. The summed E-state index contributed by atoms with van der Waals surface area (Å²) in [5.41, 5.74) is -5.62. The zero-order chi connectivity index (χ0) is 26.8. The molecule has 0 spiro atoms. The van der Waals surface area contributed by atoms with Crippen molar-refractivity contribution in [2.45, 2.75) is 103 Å². The summed E-state index contributed by atoms with van der Waals surface area (Å²) in [5, 5.41) is 22.1. The van der Waals surface area contributed by atoms with Gasteiger partial charge in [0.2, 0.25) is 5.91 Å². The largest absolute Gasteiger partial charge is 0.516 e. The van der Waals surface area contributed by atoms with E-state index in [1.54, 1.807) is 0 Å². The number of halogens is 3. The van der Waals surface area contributed by atoms with Crippen molar-refractivity contribution in [1.82, 2.24) is 4.72 Å². The van der Waals surface area contributed by atoms with Crippen LogP contribution in [0.4, 0.5) is 13.2 Å². The molecule has 208 valence electrons. The molecule has 1 unspecified atom stereocenters. The van der Waals surface area contributed by atoms with Gasteiger partial charge in [-0.3, -0.25) is 4.79 Å². The molecule has 4 saturated carbocycles. The highest BCUT2D eigenvalue weighted by molar-refractivity contribution is 7.90. The number of aliphatic hydroxyl groups excluding tert-OH is 2. The van der Waals surface area contributed by atoms with Crippen molar-refractivity contribution in [3.63, 3.8) is 0 Å². The summed E-state index contributed by atoms with van der Waals surface area (Å²) < 4.78 is 62.0. The molecule has 6 nitrogen and oxygen atoms in total. The van der Waals surface area contributed by atoms with E-state index in [0.717, 1.165) is 51.4 Å².